The minimum atomic E-state index is -1.63. The summed E-state index contributed by atoms with van der Waals surface area (Å²) >= 11 is 0. The molecule has 166 valence electrons. The van der Waals surface area contributed by atoms with Gasteiger partial charge < -0.3 is 25.5 Å². The van der Waals surface area contributed by atoms with E-state index in [9.17, 15) is 14.7 Å². The van der Waals surface area contributed by atoms with Crippen LogP contribution in [0.3, 0.4) is 0 Å². The first kappa shape index (κ1) is 28.8. The van der Waals surface area contributed by atoms with Crippen molar-refractivity contribution in [1.82, 2.24) is 0 Å². The number of rotatable bonds is 17. The number of carbonyl (C=O) groups is 2. The van der Waals surface area contributed by atoms with Gasteiger partial charge in [-0.1, -0.05) is 64.0 Å². The van der Waals surface area contributed by atoms with Crippen molar-refractivity contribution in [2.45, 2.75) is 103 Å². The number of aliphatic hydroxyl groups excluding tert-OH is 3. The van der Waals surface area contributed by atoms with E-state index < -0.39 is 24.6 Å². The highest BCUT2D eigenvalue weighted by Crippen LogP contribution is 2.10. The minimum absolute atomic E-state index is 0.172. The Morgan fingerprint density at radius 2 is 1.46 bits per heavy atom. The molecule has 0 bridgehead atoms. The summed E-state index contributed by atoms with van der Waals surface area (Å²) in [6, 6.07) is 0. The molecule has 0 heterocycles. The van der Waals surface area contributed by atoms with E-state index in [1.807, 2.05) is 0 Å². The number of hydrogen-bond donors (Lipinski definition) is 5. The Bertz CT molecular complexity index is 396. The molecule has 0 fully saturated rings. The molecule has 0 saturated carbocycles. The van der Waals surface area contributed by atoms with Crippen LogP contribution in [-0.4, -0.2) is 56.3 Å². The molecular weight excluding hydrogens is 364 g/mol. The summed E-state index contributed by atoms with van der Waals surface area (Å²) in [5.41, 5.74) is 0. The van der Waals surface area contributed by atoms with Gasteiger partial charge in [-0.15, -0.1) is 0 Å². The van der Waals surface area contributed by atoms with Crippen LogP contribution in [0.15, 0.2) is 12.2 Å². The van der Waals surface area contributed by atoms with Gasteiger partial charge in [0.2, 0.25) is 0 Å². The molecule has 0 aliphatic heterocycles. The zero-order valence-corrected chi connectivity index (χ0v) is 17.3. The standard InChI is InChI=1S/C18H34O3.C3H6O4/c1-2-3-4-11-14-17(19)15-12-9-7-5-6-8-10-13-16-18(20)21;4-1-2(5)3(6)7/h9,12,17,19H,2-8,10-11,13-16H2,1H3,(H,20,21);2,4-5H,1H2,(H,6,7)/b12-9-;. The van der Waals surface area contributed by atoms with Crippen LogP contribution in [0.2, 0.25) is 0 Å². The predicted octanol–water partition coefficient (Wildman–Crippen LogP) is 3.50. The zero-order valence-electron chi connectivity index (χ0n) is 17.3. The van der Waals surface area contributed by atoms with E-state index in [4.69, 9.17) is 20.4 Å². The van der Waals surface area contributed by atoms with Gasteiger partial charge in [-0.05, 0) is 32.1 Å². The molecule has 2 unspecified atom stereocenters. The molecule has 0 saturated heterocycles. The summed E-state index contributed by atoms with van der Waals surface area (Å²) in [5, 5.41) is 42.0. The Morgan fingerprint density at radius 1 is 0.857 bits per heavy atom. The van der Waals surface area contributed by atoms with E-state index >= 15 is 0 Å². The van der Waals surface area contributed by atoms with Crippen molar-refractivity contribution in [2.75, 3.05) is 6.61 Å². The number of carboxylic acid groups (broad SMARTS) is 2. The lowest BCUT2D eigenvalue weighted by atomic mass is 10.1. The monoisotopic (exact) mass is 404 g/mol. The highest BCUT2D eigenvalue weighted by atomic mass is 16.4. The third-order valence-electron chi connectivity index (χ3n) is 4.19. The Balaban J connectivity index is 0. The molecule has 0 amide bonds. The molecule has 2 atom stereocenters. The third-order valence-corrected chi connectivity index (χ3v) is 4.19. The second-order valence-electron chi connectivity index (χ2n) is 6.95. The molecule has 7 heteroatoms. The summed E-state index contributed by atoms with van der Waals surface area (Å²) in [6.45, 7) is 1.47. The van der Waals surface area contributed by atoms with Crippen molar-refractivity contribution in [3.63, 3.8) is 0 Å². The average molecular weight is 405 g/mol. The third kappa shape index (κ3) is 24.6. The van der Waals surface area contributed by atoms with Crippen molar-refractivity contribution in [3.05, 3.63) is 12.2 Å². The van der Waals surface area contributed by atoms with E-state index in [0.29, 0.717) is 6.42 Å². The molecule has 0 spiro atoms. The number of unbranched alkanes of at least 4 members (excludes halogenated alkanes) is 8. The van der Waals surface area contributed by atoms with Gasteiger partial charge in [0, 0.05) is 6.42 Å². The molecule has 0 radical (unpaired) electrons. The smallest absolute Gasteiger partial charge is 0.334 e. The van der Waals surface area contributed by atoms with Gasteiger partial charge in [0.15, 0.2) is 6.10 Å². The van der Waals surface area contributed by atoms with Gasteiger partial charge in [0.05, 0.1) is 12.7 Å². The minimum Gasteiger partial charge on any atom is -0.481 e. The maximum absolute atomic E-state index is 10.3. The molecule has 0 aromatic carbocycles. The maximum Gasteiger partial charge on any atom is 0.334 e. The van der Waals surface area contributed by atoms with E-state index in [0.717, 1.165) is 51.4 Å². The highest BCUT2D eigenvalue weighted by molar-refractivity contribution is 5.71. The van der Waals surface area contributed by atoms with Crippen LogP contribution >= 0.6 is 0 Å². The van der Waals surface area contributed by atoms with Gasteiger partial charge >= 0.3 is 11.9 Å². The Labute approximate surface area is 169 Å². The fourth-order valence-corrected chi connectivity index (χ4v) is 2.44. The van der Waals surface area contributed by atoms with Crippen molar-refractivity contribution < 1.29 is 35.1 Å². The lowest BCUT2D eigenvalue weighted by molar-refractivity contribution is -0.148. The molecule has 0 aliphatic rings. The zero-order chi connectivity index (χ0) is 21.6. The fraction of sp³-hybridized carbons (Fsp3) is 0.810. The Kier molecular flexibility index (Phi) is 22.5. The fourth-order valence-electron chi connectivity index (χ4n) is 2.44. The number of hydrogen-bond acceptors (Lipinski definition) is 5. The molecule has 0 aromatic heterocycles. The summed E-state index contributed by atoms with van der Waals surface area (Å²) in [4.78, 5) is 19.9. The Hall–Kier alpha value is -1.44. The first-order chi connectivity index (χ1) is 13.3. The van der Waals surface area contributed by atoms with Crippen LogP contribution in [0, 0.1) is 0 Å². The molecule has 0 aromatic rings. The molecule has 0 rings (SSSR count). The highest BCUT2D eigenvalue weighted by Gasteiger charge is 2.09. The van der Waals surface area contributed by atoms with Crippen LogP contribution in [0.25, 0.3) is 0 Å². The maximum atomic E-state index is 10.3. The predicted molar refractivity (Wildman–Crippen MR) is 109 cm³/mol. The van der Waals surface area contributed by atoms with Crippen molar-refractivity contribution in [2.24, 2.45) is 0 Å². The molecule has 5 N–H and O–H groups in total. The lowest BCUT2D eigenvalue weighted by Crippen LogP contribution is -2.22. The van der Waals surface area contributed by atoms with Gasteiger partial charge in [0.1, 0.15) is 0 Å². The van der Waals surface area contributed by atoms with Gasteiger partial charge in [0.25, 0.3) is 0 Å². The number of allylic oxidation sites excluding steroid dienone is 1. The van der Waals surface area contributed by atoms with Crippen LogP contribution in [-0.2, 0) is 9.59 Å². The largest absolute Gasteiger partial charge is 0.481 e. The van der Waals surface area contributed by atoms with Crippen molar-refractivity contribution in [1.29, 1.82) is 0 Å². The molecule has 28 heavy (non-hydrogen) atoms. The average Bonchev–Trinajstić information content (AvgIpc) is 2.66. The van der Waals surface area contributed by atoms with Gasteiger partial charge in [-0.3, -0.25) is 4.79 Å². The van der Waals surface area contributed by atoms with Gasteiger partial charge in [-0.2, -0.15) is 0 Å². The number of aliphatic carboxylic acids is 2. The lowest BCUT2D eigenvalue weighted by Gasteiger charge is -2.07. The van der Waals surface area contributed by atoms with Crippen LogP contribution in [0.4, 0.5) is 0 Å². The topological polar surface area (TPSA) is 135 Å². The van der Waals surface area contributed by atoms with Crippen LogP contribution in [0.5, 0.6) is 0 Å². The van der Waals surface area contributed by atoms with E-state index in [-0.39, 0.29) is 6.10 Å². The summed E-state index contributed by atoms with van der Waals surface area (Å²) in [6.07, 6.45) is 15.7. The van der Waals surface area contributed by atoms with Crippen molar-refractivity contribution >= 4 is 11.9 Å². The second-order valence-corrected chi connectivity index (χ2v) is 6.95. The van der Waals surface area contributed by atoms with Crippen molar-refractivity contribution in [3.8, 4) is 0 Å². The molecule has 0 aliphatic carbocycles. The Morgan fingerprint density at radius 3 is 2.00 bits per heavy atom. The number of aliphatic hydroxyl groups is 3. The summed E-state index contributed by atoms with van der Waals surface area (Å²) in [5.74, 6) is -2.09. The number of carboxylic acids is 2. The van der Waals surface area contributed by atoms with Gasteiger partial charge in [-0.25, -0.2) is 4.79 Å². The SMILES string of the molecule is CCCCCCC(O)C/C=C\CCCCCCCC(=O)O.O=C(O)C(O)CO. The summed E-state index contributed by atoms with van der Waals surface area (Å²) < 4.78 is 0. The quantitative estimate of drug-likeness (QED) is 0.185. The molecular formula is C21H40O7. The van der Waals surface area contributed by atoms with Crippen LogP contribution in [0.1, 0.15) is 90.4 Å². The first-order valence-electron chi connectivity index (χ1n) is 10.4. The summed E-state index contributed by atoms with van der Waals surface area (Å²) in [7, 11) is 0. The first-order valence-corrected chi connectivity index (χ1v) is 10.4. The van der Waals surface area contributed by atoms with E-state index in [1.54, 1.807) is 0 Å². The van der Waals surface area contributed by atoms with E-state index in [2.05, 4.69) is 19.1 Å². The second kappa shape index (κ2) is 21.9. The normalized spacial score (nSPS) is 13.0. The van der Waals surface area contributed by atoms with Crippen LogP contribution < -0.4 is 0 Å². The van der Waals surface area contributed by atoms with E-state index in [1.165, 1.54) is 25.7 Å². The molecule has 7 nitrogen and oxygen atoms in total.